The summed E-state index contributed by atoms with van der Waals surface area (Å²) in [6.45, 7) is 4.13. The van der Waals surface area contributed by atoms with E-state index in [4.69, 9.17) is 16.3 Å². The van der Waals surface area contributed by atoms with Crippen molar-refractivity contribution in [2.45, 2.75) is 19.6 Å². The number of hydrogen-bond donors (Lipinski definition) is 1. The summed E-state index contributed by atoms with van der Waals surface area (Å²) < 4.78 is 45.7. The van der Waals surface area contributed by atoms with Crippen molar-refractivity contribution >= 4 is 21.6 Å². The Morgan fingerprint density at radius 2 is 1.96 bits per heavy atom. The fraction of sp³-hybridized carbons (Fsp3) is 0.294. The van der Waals surface area contributed by atoms with Crippen LogP contribution in [-0.2, 0) is 15.8 Å². The third kappa shape index (κ3) is 5.19. The maximum absolute atomic E-state index is 13.7. The average molecular weight is 372 g/mol. The molecule has 2 rings (SSSR count). The summed E-state index contributed by atoms with van der Waals surface area (Å²) in [6.07, 6.45) is 0. The number of sulfonamides is 1. The van der Waals surface area contributed by atoms with E-state index in [9.17, 15) is 12.8 Å². The third-order valence-corrected chi connectivity index (χ3v) is 5.09. The van der Waals surface area contributed by atoms with E-state index in [0.717, 1.165) is 11.1 Å². The van der Waals surface area contributed by atoms with Gasteiger partial charge in [-0.2, -0.15) is 0 Å². The van der Waals surface area contributed by atoms with Gasteiger partial charge >= 0.3 is 0 Å². The molecule has 24 heavy (non-hydrogen) atoms. The second kappa shape index (κ2) is 7.96. The molecule has 0 aliphatic rings. The van der Waals surface area contributed by atoms with Crippen molar-refractivity contribution in [1.82, 2.24) is 4.72 Å². The zero-order valence-corrected chi connectivity index (χ0v) is 15.0. The predicted octanol–water partition coefficient (Wildman–Crippen LogP) is 3.59. The summed E-state index contributed by atoms with van der Waals surface area (Å²) in [7, 11) is -3.71. The van der Waals surface area contributed by atoms with Gasteiger partial charge in [0.15, 0.2) is 0 Å². The molecule has 0 amide bonds. The highest BCUT2D eigenvalue weighted by atomic mass is 35.5. The molecule has 0 aliphatic carbocycles. The van der Waals surface area contributed by atoms with Crippen LogP contribution in [0.3, 0.4) is 0 Å². The molecule has 0 aromatic heterocycles. The first-order chi connectivity index (χ1) is 11.3. The molecular formula is C17H19ClFNO3S. The van der Waals surface area contributed by atoms with Crippen LogP contribution in [0.4, 0.5) is 4.39 Å². The van der Waals surface area contributed by atoms with E-state index < -0.39 is 21.6 Å². The molecule has 7 heteroatoms. The molecule has 0 radical (unpaired) electrons. The van der Waals surface area contributed by atoms with Crippen LogP contribution in [0.5, 0.6) is 5.75 Å². The first-order valence-corrected chi connectivity index (χ1v) is 9.42. The summed E-state index contributed by atoms with van der Waals surface area (Å²) in [5.74, 6) is -0.437. The molecular weight excluding hydrogens is 353 g/mol. The lowest BCUT2D eigenvalue weighted by atomic mass is 10.1. The summed E-state index contributed by atoms with van der Waals surface area (Å²) in [6, 6.07) is 9.87. The molecule has 0 heterocycles. The van der Waals surface area contributed by atoms with E-state index in [-0.39, 0.29) is 23.7 Å². The van der Waals surface area contributed by atoms with Crippen LogP contribution >= 0.6 is 11.6 Å². The average Bonchev–Trinajstić information content (AvgIpc) is 2.51. The van der Waals surface area contributed by atoms with Gasteiger partial charge in [0.1, 0.15) is 18.2 Å². The van der Waals surface area contributed by atoms with Gasteiger partial charge in [0.2, 0.25) is 10.0 Å². The lowest BCUT2D eigenvalue weighted by molar-refractivity contribution is 0.320. The Morgan fingerprint density at radius 1 is 1.21 bits per heavy atom. The first-order valence-electron chi connectivity index (χ1n) is 7.39. The van der Waals surface area contributed by atoms with Crippen molar-refractivity contribution in [3.63, 3.8) is 0 Å². The number of aryl methyl sites for hydroxylation is 2. The Morgan fingerprint density at radius 3 is 2.67 bits per heavy atom. The Bertz CT molecular complexity index is 804. The number of ether oxygens (including phenoxy) is 1. The minimum Gasteiger partial charge on any atom is -0.492 e. The third-order valence-electron chi connectivity index (χ3n) is 3.42. The second-order valence-electron chi connectivity index (χ2n) is 5.47. The van der Waals surface area contributed by atoms with Gasteiger partial charge in [-0.05, 0) is 43.2 Å². The normalized spacial score (nSPS) is 11.5. The molecule has 0 bridgehead atoms. The van der Waals surface area contributed by atoms with Crippen LogP contribution in [-0.4, -0.2) is 21.6 Å². The van der Waals surface area contributed by atoms with Crippen LogP contribution in [0.15, 0.2) is 36.4 Å². The van der Waals surface area contributed by atoms with Crippen LogP contribution in [0, 0.1) is 19.7 Å². The topological polar surface area (TPSA) is 55.4 Å². The molecule has 0 unspecified atom stereocenters. The summed E-state index contributed by atoms with van der Waals surface area (Å²) in [5, 5.41) is 0.0898. The first kappa shape index (κ1) is 18.7. The molecule has 2 aromatic rings. The number of benzene rings is 2. The van der Waals surface area contributed by atoms with E-state index in [2.05, 4.69) is 4.72 Å². The zero-order chi connectivity index (χ0) is 17.7. The lowest BCUT2D eigenvalue weighted by Gasteiger charge is -2.11. The molecule has 0 saturated carbocycles. The Balaban J connectivity index is 1.90. The van der Waals surface area contributed by atoms with Gasteiger partial charge in [-0.3, -0.25) is 0 Å². The summed E-state index contributed by atoms with van der Waals surface area (Å²) in [5.41, 5.74) is 1.99. The molecule has 0 aliphatic heterocycles. The van der Waals surface area contributed by atoms with Crippen molar-refractivity contribution in [1.29, 1.82) is 0 Å². The summed E-state index contributed by atoms with van der Waals surface area (Å²) in [4.78, 5) is 0. The molecule has 1 N–H and O–H groups in total. The molecule has 0 fully saturated rings. The smallest absolute Gasteiger partial charge is 0.216 e. The molecule has 130 valence electrons. The maximum Gasteiger partial charge on any atom is 0.216 e. The highest BCUT2D eigenvalue weighted by Gasteiger charge is 2.17. The van der Waals surface area contributed by atoms with Crippen molar-refractivity contribution < 1.29 is 17.5 Å². The standard InChI is InChI=1S/C17H19ClFNO3S/c1-12-6-7-13(2)17(10-12)23-9-8-20-24(21,22)11-14-15(18)4-3-5-16(14)19/h3-7,10,20H,8-9,11H2,1-2H3. The quantitative estimate of drug-likeness (QED) is 0.757. The second-order valence-corrected chi connectivity index (χ2v) is 7.69. The maximum atomic E-state index is 13.7. The van der Waals surface area contributed by atoms with E-state index in [0.29, 0.717) is 5.75 Å². The fourth-order valence-corrected chi connectivity index (χ4v) is 3.61. The highest BCUT2D eigenvalue weighted by molar-refractivity contribution is 7.88. The number of nitrogens with one attached hydrogen (secondary N) is 1. The predicted molar refractivity (Wildman–Crippen MR) is 93.4 cm³/mol. The minimum absolute atomic E-state index is 0.0397. The van der Waals surface area contributed by atoms with Gasteiger partial charge in [-0.1, -0.05) is 29.8 Å². The van der Waals surface area contributed by atoms with Crippen LogP contribution in [0.25, 0.3) is 0 Å². The van der Waals surface area contributed by atoms with Crippen molar-refractivity contribution in [3.05, 3.63) is 63.9 Å². The summed E-state index contributed by atoms with van der Waals surface area (Å²) >= 11 is 5.85. The fourth-order valence-electron chi connectivity index (χ4n) is 2.13. The Labute approximate surface area is 146 Å². The number of halogens is 2. The van der Waals surface area contributed by atoms with Crippen LogP contribution < -0.4 is 9.46 Å². The van der Waals surface area contributed by atoms with Gasteiger partial charge in [0.05, 0.1) is 5.75 Å². The van der Waals surface area contributed by atoms with Gasteiger partial charge in [0.25, 0.3) is 0 Å². The lowest BCUT2D eigenvalue weighted by Crippen LogP contribution is -2.29. The Hall–Kier alpha value is -1.63. The number of hydrogen-bond acceptors (Lipinski definition) is 3. The van der Waals surface area contributed by atoms with Crippen LogP contribution in [0.2, 0.25) is 5.02 Å². The van der Waals surface area contributed by atoms with E-state index >= 15 is 0 Å². The van der Waals surface area contributed by atoms with E-state index in [1.807, 2.05) is 32.0 Å². The van der Waals surface area contributed by atoms with Gasteiger partial charge < -0.3 is 4.74 Å². The zero-order valence-electron chi connectivity index (χ0n) is 13.5. The molecule has 0 atom stereocenters. The largest absolute Gasteiger partial charge is 0.492 e. The molecule has 0 saturated heterocycles. The molecule has 2 aromatic carbocycles. The van der Waals surface area contributed by atoms with Crippen molar-refractivity contribution in [2.75, 3.05) is 13.2 Å². The highest BCUT2D eigenvalue weighted by Crippen LogP contribution is 2.21. The Kier molecular flexibility index (Phi) is 6.21. The van der Waals surface area contributed by atoms with Gasteiger partial charge in [-0.15, -0.1) is 0 Å². The monoisotopic (exact) mass is 371 g/mol. The molecule has 0 spiro atoms. The minimum atomic E-state index is -3.71. The van der Waals surface area contributed by atoms with E-state index in [1.54, 1.807) is 0 Å². The van der Waals surface area contributed by atoms with Gasteiger partial charge in [-0.25, -0.2) is 17.5 Å². The van der Waals surface area contributed by atoms with Crippen molar-refractivity contribution in [3.8, 4) is 5.75 Å². The SMILES string of the molecule is Cc1ccc(C)c(OCCNS(=O)(=O)Cc2c(F)cccc2Cl)c1. The van der Waals surface area contributed by atoms with Crippen LogP contribution in [0.1, 0.15) is 16.7 Å². The van der Waals surface area contributed by atoms with Gasteiger partial charge in [0, 0.05) is 17.1 Å². The molecule has 4 nitrogen and oxygen atoms in total. The van der Waals surface area contributed by atoms with Crippen molar-refractivity contribution in [2.24, 2.45) is 0 Å². The van der Waals surface area contributed by atoms with E-state index in [1.165, 1.54) is 18.2 Å². The number of rotatable bonds is 7.